The lowest BCUT2D eigenvalue weighted by molar-refractivity contribution is -0.128. The summed E-state index contributed by atoms with van der Waals surface area (Å²) in [6.45, 7) is 4.16. The number of hydrogen-bond donors (Lipinski definition) is 3. The van der Waals surface area contributed by atoms with Gasteiger partial charge in [0.05, 0.1) is 18.0 Å². The van der Waals surface area contributed by atoms with E-state index < -0.39 is 6.10 Å². The van der Waals surface area contributed by atoms with Crippen molar-refractivity contribution >= 4 is 42.1 Å². The lowest BCUT2D eigenvalue weighted by Crippen LogP contribution is -2.45. The van der Waals surface area contributed by atoms with Crippen molar-refractivity contribution in [3.8, 4) is 0 Å². The molecule has 0 aliphatic carbocycles. The Kier molecular flexibility index (Phi) is 9.53. The van der Waals surface area contributed by atoms with Crippen LogP contribution in [0.3, 0.4) is 0 Å². The maximum Gasteiger partial charge on any atom is 0.254 e. The van der Waals surface area contributed by atoms with Gasteiger partial charge >= 0.3 is 0 Å². The zero-order valence-corrected chi connectivity index (χ0v) is 16.1. The fourth-order valence-corrected chi connectivity index (χ4v) is 3.04. The summed E-state index contributed by atoms with van der Waals surface area (Å²) in [5, 5.41) is 9.76. The van der Waals surface area contributed by atoms with Crippen LogP contribution in [0, 0.1) is 0 Å². The number of carbonyl (C=O) groups excluding carboxylic acids is 1. The normalized spacial score (nSPS) is 21.6. The van der Waals surface area contributed by atoms with E-state index in [2.05, 4.69) is 27.9 Å². The second-order valence-corrected chi connectivity index (χ2v) is 6.32. The number of halogens is 2. The maximum absolute atomic E-state index is 12.3. The van der Waals surface area contributed by atoms with Gasteiger partial charge in [-0.3, -0.25) is 4.79 Å². The van der Waals surface area contributed by atoms with E-state index in [4.69, 9.17) is 4.74 Å². The molecule has 3 rings (SSSR count). The minimum atomic E-state index is -0.417. The average molecular weight is 391 g/mol. The Bertz CT molecular complexity index is 533. The van der Waals surface area contributed by atoms with Crippen LogP contribution < -0.4 is 16.0 Å². The number of hydrogen-bond acceptors (Lipinski definition) is 5. The van der Waals surface area contributed by atoms with Gasteiger partial charge in [0.2, 0.25) is 0 Å². The number of piperidine rings is 1. The Balaban J connectivity index is 0.00000156. The molecule has 2 aliphatic heterocycles. The van der Waals surface area contributed by atoms with Crippen molar-refractivity contribution in [2.24, 2.45) is 0 Å². The molecule has 0 spiro atoms. The van der Waals surface area contributed by atoms with Gasteiger partial charge in [-0.2, -0.15) is 0 Å². The molecule has 0 saturated carbocycles. The number of anilines is 2. The van der Waals surface area contributed by atoms with Crippen molar-refractivity contribution in [1.82, 2.24) is 10.2 Å². The molecule has 0 radical (unpaired) electrons. The zero-order valence-electron chi connectivity index (χ0n) is 14.5. The van der Waals surface area contributed by atoms with E-state index in [9.17, 15) is 4.79 Å². The smallest absolute Gasteiger partial charge is 0.254 e. The second-order valence-electron chi connectivity index (χ2n) is 6.32. The third-order valence-electron chi connectivity index (χ3n) is 4.48. The van der Waals surface area contributed by atoms with Gasteiger partial charge in [0.1, 0.15) is 6.10 Å². The van der Waals surface area contributed by atoms with Crippen LogP contribution in [0.25, 0.3) is 0 Å². The molecule has 1 aromatic rings. The largest absolute Gasteiger partial charge is 0.381 e. The monoisotopic (exact) mass is 390 g/mol. The van der Waals surface area contributed by atoms with E-state index in [-0.39, 0.29) is 30.7 Å². The van der Waals surface area contributed by atoms with Gasteiger partial charge in [-0.05, 0) is 45.1 Å². The number of carbonyl (C=O) groups is 1. The van der Waals surface area contributed by atoms with Crippen LogP contribution in [0.15, 0.2) is 24.3 Å². The van der Waals surface area contributed by atoms with Crippen LogP contribution in [0.2, 0.25) is 0 Å². The van der Waals surface area contributed by atoms with E-state index in [1.165, 1.54) is 0 Å². The van der Waals surface area contributed by atoms with Crippen molar-refractivity contribution in [3.05, 3.63) is 24.3 Å². The second kappa shape index (κ2) is 10.8. The third-order valence-corrected chi connectivity index (χ3v) is 4.48. The van der Waals surface area contributed by atoms with E-state index in [1.807, 2.05) is 24.3 Å². The van der Waals surface area contributed by atoms with Crippen molar-refractivity contribution in [2.75, 3.05) is 50.5 Å². The first-order valence-electron chi connectivity index (χ1n) is 8.39. The number of nitrogens with one attached hydrogen (secondary N) is 3. The van der Waals surface area contributed by atoms with Crippen LogP contribution in [0.1, 0.15) is 12.8 Å². The van der Waals surface area contributed by atoms with E-state index in [0.717, 1.165) is 43.9 Å². The molecule has 8 heteroatoms. The Labute approximate surface area is 161 Å². The van der Waals surface area contributed by atoms with E-state index in [0.29, 0.717) is 19.2 Å². The number of likely N-dealkylation sites (tertiary alicyclic amines) is 1. The van der Waals surface area contributed by atoms with Crippen molar-refractivity contribution in [2.45, 2.75) is 25.0 Å². The standard InChI is InChI=1S/C17H26N4O2.2ClH/c1-21-9-6-13(7-10-21)19-14-4-2-3-5-15(14)20-17(22)16-12-18-8-11-23-16;;/h2-5,13,16,18-19H,6-12H2,1H3,(H,20,22);2*1H. The SMILES string of the molecule is CN1CCC(Nc2ccccc2NC(=O)C2CNCCO2)CC1.Cl.Cl. The first kappa shape index (κ1) is 22.0. The lowest BCUT2D eigenvalue weighted by Gasteiger charge is -2.31. The van der Waals surface area contributed by atoms with Crippen LogP contribution in [0.4, 0.5) is 11.4 Å². The topological polar surface area (TPSA) is 65.6 Å². The fourth-order valence-electron chi connectivity index (χ4n) is 3.04. The Morgan fingerprint density at radius 1 is 1.20 bits per heavy atom. The first-order valence-corrected chi connectivity index (χ1v) is 8.39. The van der Waals surface area contributed by atoms with Crippen molar-refractivity contribution < 1.29 is 9.53 Å². The van der Waals surface area contributed by atoms with Gasteiger partial charge in [0, 0.05) is 19.1 Å². The zero-order chi connectivity index (χ0) is 16.1. The predicted molar refractivity (Wildman–Crippen MR) is 106 cm³/mol. The first-order chi connectivity index (χ1) is 11.2. The molecule has 1 atom stereocenters. The highest BCUT2D eigenvalue weighted by molar-refractivity contribution is 5.97. The van der Waals surface area contributed by atoms with E-state index >= 15 is 0 Å². The summed E-state index contributed by atoms with van der Waals surface area (Å²) in [6.07, 6.45) is 1.82. The summed E-state index contributed by atoms with van der Waals surface area (Å²) in [5.74, 6) is -0.0881. The number of ether oxygens (including phenoxy) is 1. The Hall–Kier alpha value is -1.05. The van der Waals surface area contributed by atoms with Gasteiger partial charge in [-0.1, -0.05) is 12.1 Å². The molecule has 2 aliphatic rings. The molecule has 2 fully saturated rings. The number of nitrogens with zero attached hydrogens (tertiary/aromatic N) is 1. The van der Waals surface area contributed by atoms with Gasteiger partial charge < -0.3 is 25.6 Å². The molecule has 142 valence electrons. The average Bonchev–Trinajstić information content (AvgIpc) is 2.59. The highest BCUT2D eigenvalue weighted by atomic mass is 35.5. The van der Waals surface area contributed by atoms with Gasteiger partial charge in [0.15, 0.2) is 0 Å². The molecule has 0 aromatic heterocycles. The molecule has 2 saturated heterocycles. The number of morpholine rings is 1. The van der Waals surface area contributed by atoms with Crippen LogP contribution in [-0.2, 0) is 9.53 Å². The molecular weight excluding hydrogens is 363 g/mol. The third kappa shape index (κ3) is 6.31. The summed E-state index contributed by atoms with van der Waals surface area (Å²) in [6, 6.07) is 8.34. The molecule has 6 nitrogen and oxygen atoms in total. The van der Waals surface area contributed by atoms with Crippen LogP contribution in [0.5, 0.6) is 0 Å². The van der Waals surface area contributed by atoms with Crippen LogP contribution in [-0.4, -0.2) is 62.8 Å². The van der Waals surface area contributed by atoms with Gasteiger partial charge in [-0.15, -0.1) is 24.8 Å². The van der Waals surface area contributed by atoms with Crippen molar-refractivity contribution in [3.63, 3.8) is 0 Å². The Morgan fingerprint density at radius 3 is 2.52 bits per heavy atom. The molecule has 3 N–H and O–H groups in total. The molecule has 0 bridgehead atoms. The van der Waals surface area contributed by atoms with Crippen LogP contribution >= 0.6 is 24.8 Å². The summed E-state index contributed by atoms with van der Waals surface area (Å²) >= 11 is 0. The maximum atomic E-state index is 12.3. The predicted octanol–water partition coefficient (Wildman–Crippen LogP) is 1.96. The molecule has 1 unspecified atom stereocenters. The molecule has 1 amide bonds. The lowest BCUT2D eigenvalue weighted by atomic mass is 10.0. The Morgan fingerprint density at radius 2 is 1.88 bits per heavy atom. The number of benzene rings is 1. The number of amides is 1. The minimum Gasteiger partial charge on any atom is -0.381 e. The highest BCUT2D eigenvalue weighted by Gasteiger charge is 2.23. The number of para-hydroxylation sites is 2. The van der Waals surface area contributed by atoms with E-state index in [1.54, 1.807) is 0 Å². The molecule has 1 aromatic carbocycles. The molecular formula is C17H28Cl2N4O2. The summed E-state index contributed by atoms with van der Waals surface area (Å²) in [5.41, 5.74) is 1.81. The number of rotatable bonds is 4. The quantitative estimate of drug-likeness (QED) is 0.733. The minimum absolute atomic E-state index is 0. The summed E-state index contributed by atoms with van der Waals surface area (Å²) in [4.78, 5) is 14.7. The van der Waals surface area contributed by atoms with Gasteiger partial charge in [-0.25, -0.2) is 0 Å². The summed E-state index contributed by atoms with van der Waals surface area (Å²) < 4.78 is 5.51. The molecule has 25 heavy (non-hydrogen) atoms. The van der Waals surface area contributed by atoms with Crippen molar-refractivity contribution in [1.29, 1.82) is 0 Å². The summed E-state index contributed by atoms with van der Waals surface area (Å²) in [7, 11) is 2.16. The highest BCUT2D eigenvalue weighted by Crippen LogP contribution is 2.24. The van der Waals surface area contributed by atoms with Gasteiger partial charge in [0.25, 0.3) is 5.91 Å². The fraction of sp³-hybridized carbons (Fsp3) is 0.588. The molecule has 2 heterocycles.